The van der Waals surface area contributed by atoms with Gasteiger partial charge in [-0.2, -0.15) is 0 Å². The van der Waals surface area contributed by atoms with Crippen LogP contribution in [0.25, 0.3) is 6.08 Å². The van der Waals surface area contributed by atoms with Crippen molar-refractivity contribution in [1.29, 1.82) is 0 Å². The van der Waals surface area contributed by atoms with Crippen LogP contribution in [0.15, 0.2) is 41.4 Å². The number of carbonyl (C=O) groups excluding carboxylic acids is 2. The highest BCUT2D eigenvalue weighted by molar-refractivity contribution is 7.80. The van der Waals surface area contributed by atoms with E-state index in [9.17, 15) is 9.59 Å². The maximum absolute atomic E-state index is 12.6. The topological polar surface area (TPSA) is 49.4 Å². The fourth-order valence-electron chi connectivity index (χ4n) is 2.02. The monoisotopic (exact) mass is 382 g/mol. The van der Waals surface area contributed by atoms with Crippen LogP contribution in [0.4, 0.5) is 0 Å². The molecule has 2 aromatic rings. The van der Waals surface area contributed by atoms with E-state index >= 15 is 0 Å². The lowest BCUT2D eigenvalue weighted by molar-refractivity contribution is -0.120. The minimum atomic E-state index is -0.594. The first kappa shape index (κ1) is 16.1. The van der Waals surface area contributed by atoms with Gasteiger partial charge in [0.15, 0.2) is 5.11 Å². The molecule has 1 aliphatic heterocycles. The summed E-state index contributed by atoms with van der Waals surface area (Å²) in [5.41, 5.74) is 0.404. The lowest BCUT2D eigenvalue weighted by Gasteiger charge is -2.13. The summed E-state index contributed by atoms with van der Waals surface area (Å²) in [6.45, 7) is 0. The lowest BCUT2D eigenvalue weighted by Crippen LogP contribution is -2.36. The number of rotatable bonds is 2. The van der Waals surface area contributed by atoms with Crippen LogP contribution in [0.2, 0.25) is 10.0 Å². The number of halogens is 2. The predicted octanol–water partition coefficient (Wildman–Crippen LogP) is 3.95. The minimum absolute atomic E-state index is 0.0221. The van der Waals surface area contributed by atoms with Gasteiger partial charge in [-0.15, -0.1) is 11.3 Å². The number of thiocarbonyl (C=S) groups is 1. The summed E-state index contributed by atoms with van der Waals surface area (Å²) in [6.07, 6.45) is 1.65. The molecule has 1 aromatic heterocycles. The molecule has 0 atom stereocenters. The number of nitrogens with zero attached hydrogens (tertiary/aromatic N) is 1. The van der Waals surface area contributed by atoms with E-state index in [0.29, 0.717) is 5.02 Å². The standard InChI is InChI=1S/C15H8Cl2N2O2S2/c16-8-3-4-10(11(17)6-8)13(20)19-14(21)12(18-15(19)22)7-9-2-1-5-23-9/h1-7H,(H,18,22). The third-order valence-electron chi connectivity index (χ3n) is 3.07. The molecule has 2 amide bonds. The number of imide groups is 1. The molecule has 116 valence electrons. The van der Waals surface area contributed by atoms with Gasteiger partial charge in [0, 0.05) is 9.90 Å². The van der Waals surface area contributed by atoms with Crippen molar-refractivity contribution >= 4 is 69.8 Å². The third kappa shape index (κ3) is 3.16. The molecule has 2 heterocycles. The third-order valence-corrected chi connectivity index (χ3v) is 4.72. The van der Waals surface area contributed by atoms with Crippen LogP contribution in [0, 0.1) is 0 Å². The van der Waals surface area contributed by atoms with Crippen molar-refractivity contribution in [2.75, 3.05) is 0 Å². The molecule has 0 spiro atoms. The van der Waals surface area contributed by atoms with Gasteiger partial charge in [0.2, 0.25) is 0 Å². The molecular formula is C15H8Cl2N2O2S2. The smallest absolute Gasteiger partial charge is 0.283 e. The van der Waals surface area contributed by atoms with Crippen molar-refractivity contribution < 1.29 is 9.59 Å². The normalized spacial score (nSPS) is 16.1. The van der Waals surface area contributed by atoms with Gasteiger partial charge < -0.3 is 5.32 Å². The van der Waals surface area contributed by atoms with Gasteiger partial charge in [0.25, 0.3) is 11.8 Å². The molecule has 4 nitrogen and oxygen atoms in total. The summed E-state index contributed by atoms with van der Waals surface area (Å²) in [6, 6.07) is 8.15. The zero-order chi connectivity index (χ0) is 16.6. The van der Waals surface area contributed by atoms with Gasteiger partial charge in [0.1, 0.15) is 5.70 Å². The zero-order valence-corrected chi connectivity index (χ0v) is 14.5. The molecule has 23 heavy (non-hydrogen) atoms. The Kier molecular flexibility index (Phi) is 4.50. The second-order valence-corrected chi connectivity index (χ2v) is 6.78. The highest BCUT2D eigenvalue weighted by Crippen LogP contribution is 2.25. The molecular weight excluding hydrogens is 375 g/mol. The van der Waals surface area contributed by atoms with Crippen molar-refractivity contribution in [1.82, 2.24) is 10.2 Å². The Morgan fingerprint density at radius 1 is 1.30 bits per heavy atom. The van der Waals surface area contributed by atoms with Crippen molar-refractivity contribution in [3.63, 3.8) is 0 Å². The first-order chi connectivity index (χ1) is 11.0. The summed E-state index contributed by atoms with van der Waals surface area (Å²) in [5, 5.41) is 5.23. The summed E-state index contributed by atoms with van der Waals surface area (Å²) in [5.74, 6) is -1.11. The van der Waals surface area contributed by atoms with Crippen molar-refractivity contribution in [2.45, 2.75) is 0 Å². The van der Waals surface area contributed by atoms with Crippen LogP contribution in [0.3, 0.4) is 0 Å². The van der Waals surface area contributed by atoms with Crippen molar-refractivity contribution in [3.8, 4) is 0 Å². The fourth-order valence-corrected chi connectivity index (χ4v) is 3.44. The zero-order valence-electron chi connectivity index (χ0n) is 11.4. The van der Waals surface area contributed by atoms with Gasteiger partial charge in [-0.05, 0) is 47.9 Å². The number of hydrogen-bond donors (Lipinski definition) is 1. The number of hydrogen-bond acceptors (Lipinski definition) is 4. The van der Waals surface area contributed by atoms with Crippen LogP contribution in [0.1, 0.15) is 15.2 Å². The highest BCUT2D eigenvalue weighted by Gasteiger charge is 2.37. The molecule has 1 saturated heterocycles. The number of thiophene rings is 1. The number of amides is 2. The van der Waals surface area contributed by atoms with E-state index in [1.807, 2.05) is 17.5 Å². The predicted molar refractivity (Wildman–Crippen MR) is 95.7 cm³/mol. The second kappa shape index (κ2) is 6.41. The molecule has 0 aliphatic carbocycles. The van der Waals surface area contributed by atoms with E-state index in [-0.39, 0.29) is 21.4 Å². The average molecular weight is 383 g/mol. The fraction of sp³-hybridized carbons (Fsp3) is 0. The molecule has 3 rings (SSSR count). The van der Waals surface area contributed by atoms with Crippen LogP contribution >= 0.6 is 46.8 Å². The molecule has 1 N–H and O–H groups in total. The van der Waals surface area contributed by atoms with E-state index in [1.165, 1.54) is 29.5 Å². The number of nitrogens with one attached hydrogen (secondary N) is 1. The molecule has 0 unspecified atom stereocenters. The van der Waals surface area contributed by atoms with Crippen molar-refractivity contribution in [2.24, 2.45) is 0 Å². The van der Waals surface area contributed by atoms with E-state index < -0.39 is 11.8 Å². The summed E-state index contributed by atoms with van der Waals surface area (Å²) in [7, 11) is 0. The second-order valence-electron chi connectivity index (χ2n) is 4.57. The number of carbonyl (C=O) groups is 2. The summed E-state index contributed by atoms with van der Waals surface area (Å²) < 4.78 is 0. The Hall–Kier alpha value is -1.73. The Balaban J connectivity index is 1.92. The first-order valence-corrected chi connectivity index (χ1v) is 8.42. The van der Waals surface area contributed by atoms with E-state index in [0.717, 1.165) is 9.78 Å². The Labute approximate surface area is 151 Å². The summed E-state index contributed by atoms with van der Waals surface area (Å²) in [4.78, 5) is 26.8. The molecule has 1 aromatic carbocycles. The average Bonchev–Trinajstić information content (AvgIpc) is 3.08. The minimum Gasteiger partial charge on any atom is -0.327 e. The van der Waals surface area contributed by atoms with Gasteiger partial charge >= 0.3 is 0 Å². The largest absolute Gasteiger partial charge is 0.327 e. The van der Waals surface area contributed by atoms with Crippen LogP contribution in [-0.2, 0) is 4.79 Å². The van der Waals surface area contributed by atoms with E-state index in [1.54, 1.807) is 6.08 Å². The van der Waals surface area contributed by atoms with Crippen LogP contribution in [0.5, 0.6) is 0 Å². The molecule has 1 fully saturated rings. The van der Waals surface area contributed by atoms with Gasteiger partial charge in [-0.25, -0.2) is 4.90 Å². The summed E-state index contributed by atoms with van der Waals surface area (Å²) >= 11 is 18.4. The van der Waals surface area contributed by atoms with Crippen molar-refractivity contribution in [3.05, 3.63) is 61.9 Å². The van der Waals surface area contributed by atoms with Gasteiger partial charge in [0.05, 0.1) is 10.6 Å². The van der Waals surface area contributed by atoms with Gasteiger partial charge in [-0.3, -0.25) is 9.59 Å². The number of benzene rings is 1. The van der Waals surface area contributed by atoms with E-state index in [2.05, 4.69) is 5.32 Å². The van der Waals surface area contributed by atoms with E-state index in [4.69, 9.17) is 35.4 Å². The maximum Gasteiger partial charge on any atom is 0.283 e. The van der Waals surface area contributed by atoms with Crippen LogP contribution in [-0.4, -0.2) is 21.8 Å². The first-order valence-electron chi connectivity index (χ1n) is 6.37. The van der Waals surface area contributed by atoms with Crippen LogP contribution < -0.4 is 5.32 Å². The molecule has 0 radical (unpaired) electrons. The molecule has 1 aliphatic rings. The Morgan fingerprint density at radius 2 is 2.09 bits per heavy atom. The van der Waals surface area contributed by atoms with Gasteiger partial charge in [-0.1, -0.05) is 29.3 Å². The molecule has 0 saturated carbocycles. The SMILES string of the molecule is O=C1C(=Cc2cccs2)NC(=S)N1C(=O)c1ccc(Cl)cc1Cl. The molecule has 8 heteroatoms. The maximum atomic E-state index is 12.6. The Bertz CT molecular complexity index is 847. The quantitative estimate of drug-likeness (QED) is 0.485. The Morgan fingerprint density at radius 3 is 2.74 bits per heavy atom. The lowest BCUT2D eigenvalue weighted by atomic mass is 10.2. The highest BCUT2D eigenvalue weighted by atomic mass is 35.5. The molecule has 0 bridgehead atoms.